The molecule has 7 nitrogen and oxygen atoms in total. The first-order chi connectivity index (χ1) is 9.51. The minimum atomic E-state index is -0.937. The second-order valence-electron chi connectivity index (χ2n) is 5.08. The largest absolute Gasteiger partial charge is 0.481 e. The molecule has 20 heavy (non-hydrogen) atoms. The number of carboxylic acid groups (broad SMARTS) is 1. The standard InChI is InChI=1S/C13H23N3O4/c1-2-3-10(8-12(18)19)16-13(20)14-7-6-11(17)15-9-4-5-9/h9-10H,2-8H2,1H3,(H,15,17)(H,18,19)(H2,14,16,20). The van der Waals surface area contributed by atoms with Gasteiger partial charge < -0.3 is 21.1 Å². The van der Waals surface area contributed by atoms with Crippen LogP contribution in [-0.2, 0) is 9.59 Å². The van der Waals surface area contributed by atoms with Crippen LogP contribution in [0.15, 0.2) is 0 Å². The van der Waals surface area contributed by atoms with Gasteiger partial charge in [-0.15, -0.1) is 0 Å². The Morgan fingerprint density at radius 2 is 2.00 bits per heavy atom. The van der Waals surface area contributed by atoms with Crippen LogP contribution in [0.25, 0.3) is 0 Å². The average molecular weight is 285 g/mol. The van der Waals surface area contributed by atoms with E-state index in [0.29, 0.717) is 12.5 Å². The second-order valence-corrected chi connectivity index (χ2v) is 5.08. The molecule has 1 aliphatic carbocycles. The molecule has 1 unspecified atom stereocenters. The zero-order valence-electron chi connectivity index (χ0n) is 11.8. The fraction of sp³-hybridized carbons (Fsp3) is 0.769. The van der Waals surface area contributed by atoms with E-state index in [9.17, 15) is 14.4 Å². The predicted molar refractivity (Wildman–Crippen MR) is 73.3 cm³/mol. The zero-order chi connectivity index (χ0) is 15.0. The summed E-state index contributed by atoms with van der Waals surface area (Å²) in [6.45, 7) is 2.17. The van der Waals surface area contributed by atoms with Crippen LogP contribution < -0.4 is 16.0 Å². The van der Waals surface area contributed by atoms with Gasteiger partial charge in [0, 0.05) is 25.0 Å². The monoisotopic (exact) mass is 285 g/mol. The van der Waals surface area contributed by atoms with Crippen molar-refractivity contribution < 1.29 is 19.5 Å². The number of amides is 3. The smallest absolute Gasteiger partial charge is 0.315 e. The van der Waals surface area contributed by atoms with Crippen molar-refractivity contribution in [3.05, 3.63) is 0 Å². The lowest BCUT2D eigenvalue weighted by molar-refractivity contribution is -0.137. The maximum atomic E-state index is 11.6. The molecule has 0 aromatic carbocycles. The Hall–Kier alpha value is -1.79. The molecule has 0 bridgehead atoms. The molecule has 0 aromatic heterocycles. The van der Waals surface area contributed by atoms with E-state index in [2.05, 4.69) is 16.0 Å². The van der Waals surface area contributed by atoms with E-state index in [0.717, 1.165) is 19.3 Å². The van der Waals surface area contributed by atoms with Gasteiger partial charge in [0.25, 0.3) is 0 Å². The van der Waals surface area contributed by atoms with E-state index in [1.807, 2.05) is 6.92 Å². The highest BCUT2D eigenvalue weighted by Gasteiger charge is 2.22. The summed E-state index contributed by atoms with van der Waals surface area (Å²) in [5, 5.41) is 16.7. The van der Waals surface area contributed by atoms with Gasteiger partial charge in [-0.05, 0) is 19.3 Å². The Kier molecular flexibility index (Phi) is 6.83. The van der Waals surface area contributed by atoms with Crippen LogP contribution in [0.2, 0.25) is 0 Å². The molecule has 0 heterocycles. The summed E-state index contributed by atoms with van der Waals surface area (Å²) in [4.78, 5) is 33.6. The van der Waals surface area contributed by atoms with Gasteiger partial charge in [0.05, 0.1) is 6.42 Å². The maximum Gasteiger partial charge on any atom is 0.315 e. The van der Waals surface area contributed by atoms with Crippen LogP contribution in [0.1, 0.15) is 45.4 Å². The van der Waals surface area contributed by atoms with Crippen molar-refractivity contribution in [3.63, 3.8) is 0 Å². The molecule has 0 aromatic rings. The molecule has 0 radical (unpaired) electrons. The Labute approximate surface area is 118 Å². The van der Waals surface area contributed by atoms with Crippen LogP contribution in [0, 0.1) is 0 Å². The molecule has 0 saturated heterocycles. The predicted octanol–water partition coefficient (Wildman–Crippen LogP) is 0.598. The second kappa shape index (κ2) is 8.39. The average Bonchev–Trinajstić information content (AvgIpc) is 3.12. The van der Waals surface area contributed by atoms with Crippen molar-refractivity contribution in [2.45, 2.75) is 57.5 Å². The summed E-state index contributed by atoms with van der Waals surface area (Å²) in [7, 11) is 0. The first kappa shape index (κ1) is 16.3. The number of carbonyl (C=O) groups excluding carboxylic acids is 2. The fourth-order valence-corrected chi connectivity index (χ4v) is 1.84. The fourth-order valence-electron chi connectivity index (χ4n) is 1.84. The van der Waals surface area contributed by atoms with Crippen LogP contribution >= 0.6 is 0 Å². The highest BCUT2D eigenvalue weighted by Crippen LogP contribution is 2.18. The first-order valence-electron chi connectivity index (χ1n) is 7.06. The van der Waals surface area contributed by atoms with Crippen LogP contribution in [-0.4, -0.2) is 41.6 Å². The summed E-state index contributed by atoms with van der Waals surface area (Å²) < 4.78 is 0. The van der Waals surface area contributed by atoms with Crippen molar-refractivity contribution >= 4 is 17.9 Å². The maximum absolute atomic E-state index is 11.6. The van der Waals surface area contributed by atoms with E-state index in [1.54, 1.807) is 0 Å². The Morgan fingerprint density at radius 1 is 1.30 bits per heavy atom. The molecule has 1 saturated carbocycles. The summed E-state index contributed by atoms with van der Waals surface area (Å²) in [5.74, 6) is -1.00. The van der Waals surface area contributed by atoms with Gasteiger partial charge in [-0.3, -0.25) is 9.59 Å². The number of urea groups is 1. The van der Waals surface area contributed by atoms with E-state index < -0.39 is 12.0 Å². The molecular weight excluding hydrogens is 262 g/mol. The van der Waals surface area contributed by atoms with Crippen LogP contribution in [0.4, 0.5) is 4.79 Å². The number of carboxylic acids is 1. The van der Waals surface area contributed by atoms with Crippen LogP contribution in [0.3, 0.4) is 0 Å². The van der Waals surface area contributed by atoms with Crippen molar-refractivity contribution in [2.24, 2.45) is 0 Å². The normalized spacial score (nSPS) is 15.2. The Bertz CT molecular complexity index is 356. The lowest BCUT2D eigenvalue weighted by atomic mass is 10.1. The molecule has 0 spiro atoms. The first-order valence-corrected chi connectivity index (χ1v) is 7.06. The highest BCUT2D eigenvalue weighted by molar-refractivity contribution is 5.79. The van der Waals surface area contributed by atoms with Crippen molar-refractivity contribution in [2.75, 3.05) is 6.54 Å². The van der Waals surface area contributed by atoms with E-state index >= 15 is 0 Å². The number of hydrogen-bond donors (Lipinski definition) is 4. The number of carbonyl (C=O) groups is 3. The van der Waals surface area contributed by atoms with Gasteiger partial charge in [-0.1, -0.05) is 13.3 Å². The molecule has 1 atom stereocenters. The van der Waals surface area contributed by atoms with Gasteiger partial charge in [0.1, 0.15) is 0 Å². The van der Waals surface area contributed by atoms with E-state index in [-0.39, 0.29) is 31.3 Å². The summed E-state index contributed by atoms with van der Waals surface area (Å²) in [6, 6.07) is -0.484. The Balaban J connectivity index is 2.15. The number of hydrogen-bond acceptors (Lipinski definition) is 3. The SMILES string of the molecule is CCCC(CC(=O)O)NC(=O)NCCC(=O)NC1CC1. The van der Waals surface area contributed by atoms with Gasteiger partial charge in [0.2, 0.25) is 5.91 Å². The van der Waals surface area contributed by atoms with E-state index in [4.69, 9.17) is 5.11 Å². The molecule has 1 rings (SSSR count). The van der Waals surface area contributed by atoms with Crippen molar-refractivity contribution in [1.82, 2.24) is 16.0 Å². The number of rotatable bonds is 9. The van der Waals surface area contributed by atoms with Crippen molar-refractivity contribution in [1.29, 1.82) is 0 Å². The van der Waals surface area contributed by atoms with Gasteiger partial charge in [0.15, 0.2) is 0 Å². The third-order valence-electron chi connectivity index (χ3n) is 2.97. The third-order valence-corrected chi connectivity index (χ3v) is 2.97. The minimum Gasteiger partial charge on any atom is -0.481 e. The molecular formula is C13H23N3O4. The lowest BCUT2D eigenvalue weighted by Gasteiger charge is -2.16. The summed E-state index contributed by atoms with van der Waals surface area (Å²) in [6.07, 6.45) is 3.62. The molecule has 7 heteroatoms. The number of aliphatic carboxylic acids is 1. The highest BCUT2D eigenvalue weighted by atomic mass is 16.4. The van der Waals surface area contributed by atoms with E-state index in [1.165, 1.54) is 0 Å². The number of nitrogens with one attached hydrogen (secondary N) is 3. The third kappa shape index (κ3) is 7.60. The summed E-state index contributed by atoms with van der Waals surface area (Å²) in [5.41, 5.74) is 0. The topological polar surface area (TPSA) is 108 Å². The van der Waals surface area contributed by atoms with Gasteiger partial charge >= 0.3 is 12.0 Å². The molecule has 0 aliphatic heterocycles. The van der Waals surface area contributed by atoms with Crippen LogP contribution in [0.5, 0.6) is 0 Å². The zero-order valence-corrected chi connectivity index (χ0v) is 11.8. The molecule has 114 valence electrons. The molecule has 1 aliphatic rings. The molecule has 1 fully saturated rings. The Morgan fingerprint density at radius 3 is 2.55 bits per heavy atom. The van der Waals surface area contributed by atoms with Crippen molar-refractivity contribution in [3.8, 4) is 0 Å². The molecule has 3 amide bonds. The van der Waals surface area contributed by atoms with Gasteiger partial charge in [-0.2, -0.15) is 0 Å². The molecule has 4 N–H and O–H groups in total. The summed E-state index contributed by atoms with van der Waals surface area (Å²) >= 11 is 0. The minimum absolute atomic E-state index is 0.0663. The van der Waals surface area contributed by atoms with Gasteiger partial charge in [-0.25, -0.2) is 4.79 Å². The lowest BCUT2D eigenvalue weighted by Crippen LogP contribution is -2.44. The quantitative estimate of drug-likeness (QED) is 0.497.